The van der Waals surface area contributed by atoms with Crippen molar-refractivity contribution in [3.63, 3.8) is 0 Å². The first-order chi connectivity index (χ1) is 13.1. The third kappa shape index (κ3) is 3.08. The number of carbonyl (C=O) groups is 1. The summed E-state index contributed by atoms with van der Waals surface area (Å²) >= 11 is 0. The van der Waals surface area contributed by atoms with E-state index in [0.29, 0.717) is 37.4 Å². The van der Waals surface area contributed by atoms with E-state index in [1.54, 1.807) is 22.7 Å². The number of nitrogens with zero attached hydrogens (tertiary/aromatic N) is 3. The lowest BCUT2D eigenvalue weighted by atomic mass is 10.2. The number of ether oxygens (including phenoxy) is 1. The average Bonchev–Trinajstić information content (AvgIpc) is 3.02. The number of morpholine rings is 1. The van der Waals surface area contributed by atoms with Crippen molar-refractivity contribution in [2.45, 2.75) is 6.54 Å². The Balaban J connectivity index is 1.80. The second-order valence-corrected chi connectivity index (χ2v) is 6.59. The topological polar surface area (TPSA) is 89.3 Å². The second kappa shape index (κ2) is 6.88. The monoisotopic (exact) mass is 368 g/mol. The standard InChI is InChI=1S/C19H20N4O4/c1-21-12-14(17(24)22-7-9-27-10-8-22)15-16(21)18(25)23(19(26)20-15)11-13-5-3-2-4-6-13/h2-6,12H,7-11H2,1H3,(H,20,26). The van der Waals surface area contributed by atoms with E-state index in [9.17, 15) is 14.4 Å². The molecule has 1 fully saturated rings. The molecule has 8 nitrogen and oxygen atoms in total. The van der Waals surface area contributed by atoms with E-state index in [0.717, 1.165) is 10.1 Å². The summed E-state index contributed by atoms with van der Waals surface area (Å²) in [5, 5.41) is 0. The molecule has 4 rings (SSSR count). The molecule has 3 heterocycles. The van der Waals surface area contributed by atoms with E-state index in [2.05, 4.69) is 4.98 Å². The van der Waals surface area contributed by atoms with Crippen LogP contribution in [0.15, 0.2) is 46.1 Å². The van der Waals surface area contributed by atoms with Gasteiger partial charge in [-0.1, -0.05) is 30.3 Å². The number of hydrogen-bond acceptors (Lipinski definition) is 4. The van der Waals surface area contributed by atoms with Crippen LogP contribution in [-0.2, 0) is 18.3 Å². The number of nitrogens with one attached hydrogen (secondary N) is 1. The minimum absolute atomic E-state index is 0.170. The number of hydrogen-bond donors (Lipinski definition) is 1. The van der Waals surface area contributed by atoms with Gasteiger partial charge in [0.05, 0.1) is 30.8 Å². The van der Waals surface area contributed by atoms with Crippen molar-refractivity contribution in [1.29, 1.82) is 0 Å². The van der Waals surface area contributed by atoms with E-state index < -0.39 is 11.2 Å². The number of aryl methyl sites for hydroxylation is 1. The van der Waals surface area contributed by atoms with E-state index in [1.165, 1.54) is 0 Å². The Labute approximate surface area is 154 Å². The molecular formula is C19H20N4O4. The quantitative estimate of drug-likeness (QED) is 0.731. The van der Waals surface area contributed by atoms with Crippen molar-refractivity contribution in [2.75, 3.05) is 26.3 Å². The summed E-state index contributed by atoms with van der Waals surface area (Å²) in [4.78, 5) is 42.8. The smallest absolute Gasteiger partial charge is 0.329 e. The van der Waals surface area contributed by atoms with Gasteiger partial charge in [0.25, 0.3) is 11.5 Å². The number of amides is 1. The summed E-state index contributed by atoms with van der Waals surface area (Å²) in [6.45, 7) is 2.12. The van der Waals surface area contributed by atoms with Crippen LogP contribution >= 0.6 is 0 Å². The number of H-pyrrole nitrogens is 1. The predicted octanol–water partition coefficient (Wildman–Crippen LogP) is 0.549. The van der Waals surface area contributed by atoms with Gasteiger partial charge in [0.2, 0.25) is 0 Å². The first-order valence-corrected chi connectivity index (χ1v) is 8.79. The molecule has 27 heavy (non-hydrogen) atoms. The predicted molar refractivity (Wildman–Crippen MR) is 100 cm³/mol. The van der Waals surface area contributed by atoms with Crippen LogP contribution in [0.1, 0.15) is 15.9 Å². The van der Waals surface area contributed by atoms with Gasteiger partial charge in [0.15, 0.2) is 0 Å². The first-order valence-electron chi connectivity index (χ1n) is 8.79. The van der Waals surface area contributed by atoms with Crippen LogP contribution in [-0.4, -0.2) is 51.2 Å². The van der Waals surface area contributed by atoms with E-state index in [1.807, 2.05) is 30.3 Å². The summed E-state index contributed by atoms with van der Waals surface area (Å²) in [6.07, 6.45) is 1.60. The molecule has 3 aromatic rings. The Kier molecular flexibility index (Phi) is 4.41. The lowest BCUT2D eigenvalue weighted by Gasteiger charge is -2.26. The van der Waals surface area contributed by atoms with E-state index in [-0.39, 0.29) is 18.0 Å². The van der Waals surface area contributed by atoms with Gasteiger partial charge in [-0.2, -0.15) is 0 Å². The van der Waals surface area contributed by atoms with Crippen LogP contribution in [0.3, 0.4) is 0 Å². The Hall–Kier alpha value is -3.13. The zero-order valence-electron chi connectivity index (χ0n) is 15.0. The third-order valence-corrected chi connectivity index (χ3v) is 4.82. The molecule has 140 valence electrons. The minimum Gasteiger partial charge on any atom is -0.378 e. The molecule has 8 heteroatoms. The third-order valence-electron chi connectivity index (χ3n) is 4.82. The fourth-order valence-electron chi connectivity index (χ4n) is 3.41. The van der Waals surface area contributed by atoms with Crippen molar-refractivity contribution in [2.24, 2.45) is 7.05 Å². The summed E-state index contributed by atoms with van der Waals surface area (Å²) < 4.78 is 8.03. The molecule has 0 aliphatic carbocycles. The van der Waals surface area contributed by atoms with Gasteiger partial charge in [-0.25, -0.2) is 4.79 Å². The molecule has 2 aromatic heterocycles. The normalized spacial score (nSPS) is 14.6. The number of rotatable bonds is 3. The molecule has 1 amide bonds. The van der Waals surface area contributed by atoms with Crippen LogP contribution < -0.4 is 11.2 Å². The summed E-state index contributed by atoms with van der Waals surface area (Å²) in [5.41, 5.74) is 0.828. The fraction of sp³-hybridized carbons (Fsp3) is 0.316. The van der Waals surface area contributed by atoms with E-state index in [4.69, 9.17) is 4.74 Å². The van der Waals surface area contributed by atoms with Gasteiger partial charge >= 0.3 is 5.69 Å². The summed E-state index contributed by atoms with van der Waals surface area (Å²) in [5.74, 6) is -0.209. The average molecular weight is 368 g/mol. The van der Waals surface area contributed by atoms with Crippen molar-refractivity contribution in [3.8, 4) is 0 Å². The van der Waals surface area contributed by atoms with Crippen molar-refractivity contribution in [1.82, 2.24) is 19.0 Å². The molecule has 0 bridgehead atoms. The molecule has 0 atom stereocenters. The number of benzene rings is 1. The van der Waals surface area contributed by atoms with Crippen molar-refractivity contribution < 1.29 is 9.53 Å². The molecule has 0 radical (unpaired) electrons. The zero-order chi connectivity index (χ0) is 19.0. The van der Waals surface area contributed by atoms with Crippen LogP contribution in [0.4, 0.5) is 0 Å². The van der Waals surface area contributed by atoms with Gasteiger partial charge < -0.3 is 19.2 Å². The number of aromatic nitrogens is 3. The van der Waals surface area contributed by atoms with E-state index >= 15 is 0 Å². The lowest BCUT2D eigenvalue weighted by molar-refractivity contribution is 0.0304. The van der Waals surface area contributed by atoms with Crippen LogP contribution in [0.2, 0.25) is 0 Å². The number of fused-ring (bicyclic) bond motifs is 1. The Morgan fingerprint density at radius 3 is 2.56 bits per heavy atom. The zero-order valence-corrected chi connectivity index (χ0v) is 15.0. The highest BCUT2D eigenvalue weighted by molar-refractivity contribution is 6.05. The molecule has 0 unspecified atom stereocenters. The summed E-state index contributed by atoms with van der Waals surface area (Å²) in [7, 11) is 1.70. The maximum Gasteiger partial charge on any atom is 0.329 e. The second-order valence-electron chi connectivity index (χ2n) is 6.59. The first kappa shape index (κ1) is 17.3. The molecular weight excluding hydrogens is 348 g/mol. The van der Waals surface area contributed by atoms with Crippen LogP contribution in [0, 0.1) is 0 Å². The van der Waals surface area contributed by atoms with Gasteiger partial charge in [-0.15, -0.1) is 0 Å². The van der Waals surface area contributed by atoms with Crippen molar-refractivity contribution in [3.05, 3.63) is 68.5 Å². The highest BCUT2D eigenvalue weighted by Crippen LogP contribution is 2.17. The summed E-state index contributed by atoms with van der Waals surface area (Å²) in [6, 6.07) is 9.30. The molecule has 1 aromatic carbocycles. The highest BCUT2D eigenvalue weighted by Gasteiger charge is 2.24. The molecule has 1 aliphatic rings. The fourth-order valence-corrected chi connectivity index (χ4v) is 3.41. The van der Waals surface area contributed by atoms with Gasteiger partial charge in [-0.3, -0.25) is 14.2 Å². The molecule has 0 spiro atoms. The van der Waals surface area contributed by atoms with Crippen molar-refractivity contribution >= 4 is 16.9 Å². The number of carbonyl (C=O) groups excluding carboxylic acids is 1. The maximum absolute atomic E-state index is 13.0. The molecule has 0 saturated carbocycles. The van der Waals surface area contributed by atoms with Crippen LogP contribution in [0.5, 0.6) is 0 Å². The van der Waals surface area contributed by atoms with Gasteiger partial charge in [0.1, 0.15) is 5.52 Å². The molecule has 1 saturated heterocycles. The Bertz CT molecular complexity index is 1100. The van der Waals surface area contributed by atoms with Gasteiger partial charge in [0, 0.05) is 26.3 Å². The highest BCUT2D eigenvalue weighted by atomic mass is 16.5. The van der Waals surface area contributed by atoms with Gasteiger partial charge in [-0.05, 0) is 5.56 Å². The lowest BCUT2D eigenvalue weighted by Crippen LogP contribution is -2.41. The molecule has 1 aliphatic heterocycles. The minimum atomic E-state index is -0.529. The Morgan fingerprint density at radius 2 is 1.85 bits per heavy atom. The Morgan fingerprint density at radius 1 is 1.15 bits per heavy atom. The SMILES string of the molecule is Cn1cc(C(=O)N2CCOCC2)c2[nH]c(=O)n(Cc3ccccc3)c(=O)c21. The van der Waals surface area contributed by atoms with Crippen LogP contribution in [0.25, 0.3) is 11.0 Å². The molecule has 1 N–H and O–H groups in total. The largest absolute Gasteiger partial charge is 0.378 e. The maximum atomic E-state index is 13.0. The number of aromatic amines is 1.